The third-order valence-corrected chi connectivity index (χ3v) is 5.07. The topological polar surface area (TPSA) is 61.8 Å². The van der Waals surface area contributed by atoms with Crippen molar-refractivity contribution in [3.8, 4) is 0 Å². The molecule has 0 saturated carbocycles. The number of anilines is 2. The van der Waals surface area contributed by atoms with Gasteiger partial charge >= 0.3 is 0 Å². The molecular weight excluding hydrogens is 342 g/mol. The van der Waals surface area contributed by atoms with E-state index in [0.717, 1.165) is 32.0 Å². The third kappa shape index (κ3) is 4.03. The van der Waals surface area contributed by atoms with Crippen LogP contribution in [0.25, 0.3) is 0 Å². The maximum atomic E-state index is 13.0. The zero-order valence-electron chi connectivity index (χ0n) is 15.7. The van der Waals surface area contributed by atoms with E-state index in [0.29, 0.717) is 37.8 Å². The van der Waals surface area contributed by atoms with E-state index in [4.69, 9.17) is 4.74 Å². The number of nitrogens with zero attached hydrogens (tertiary/aromatic N) is 5. The van der Waals surface area contributed by atoms with Crippen LogP contribution in [0.1, 0.15) is 16.3 Å². The molecule has 7 nitrogen and oxygen atoms in total. The molecule has 0 unspecified atom stereocenters. The molecule has 2 fully saturated rings. The van der Waals surface area contributed by atoms with Crippen LogP contribution < -0.4 is 9.80 Å². The first kappa shape index (κ1) is 17.7. The number of hydrogen-bond acceptors (Lipinski definition) is 6. The van der Waals surface area contributed by atoms with Crippen LogP contribution in [0.4, 0.5) is 11.5 Å². The maximum absolute atomic E-state index is 13.0. The lowest BCUT2D eigenvalue weighted by Crippen LogP contribution is -2.49. The summed E-state index contributed by atoms with van der Waals surface area (Å²) in [7, 11) is 0. The summed E-state index contributed by atoms with van der Waals surface area (Å²) in [5, 5.41) is 0. The SMILES string of the molecule is Cc1nc(C(=O)N2CCN(c3ccccc3)CC2)cc(N2CCOCC2)n1. The van der Waals surface area contributed by atoms with Gasteiger partial charge in [-0.3, -0.25) is 4.79 Å². The minimum Gasteiger partial charge on any atom is -0.378 e. The number of aromatic nitrogens is 2. The van der Waals surface area contributed by atoms with Gasteiger partial charge in [0.2, 0.25) is 0 Å². The molecule has 7 heteroatoms. The quantitative estimate of drug-likeness (QED) is 0.821. The fourth-order valence-corrected chi connectivity index (χ4v) is 3.58. The van der Waals surface area contributed by atoms with Crippen molar-refractivity contribution in [3.63, 3.8) is 0 Å². The fraction of sp³-hybridized carbons (Fsp3) is 0.450. The average Bonchev–Trinajstić information content (AvgIpc) is 2.74. The minimum atomic E-state index is -0.0114. The normalized spacial score (nSPS) is 17.9. The van der Waals surface area contributed by atoms with Crippen molar-refractivity contribution in [2.75, 3.05) is 62.3 Å². The molecule has 2 aliphatic rings. The highest BCUT2D eigenvalue weighted by Crippen LogP contribution is 2.19. The van der Waals surface area contributed by atoms with E-state index in [1.807, 2.05) is 36.1 Å². The zero-order chi connectivity index (χ0) is 18.6. The lowest BCUT2D eigenvalue weighted by Gasteiger charge is -2.36. The van der Waals surface area contributed by atoms with Gasteiger partial charge in [0.1, 0.15) is 17.3 Å². The molecule has 0 atom stereocenters. The summed E-state index contributed by atoms with van der Waals surface area (Å²) < 4.78 is 5.41. The van der Waals surface area contributed by atoms with Crippen molar-refractivity contribution in [2.24, 2.45) is 0 Å². The Balaban J connectivity index is 1.44. The van der Waals surface area contributed by atoms with Crippen molar-refractivity contribution >= 4 is 17.4 Å². The van der Waals surface area contributed by atoms with Crippen molar-refractivity contribution in [3.05, 3.63) is 47.9 Å². The number of piperazine rings is 1. The summed E-state index contributed by atoms with van der Waals surface area (Å²) in [6.45, 7) is 7.86. The molecule has 0 bridgehead atoms. The Morgan fingerprint density at radius 1 is 0.926 bits per heavy atom. The Morgan fingerprint density at radius 3 is 2.33 bits per heavy atom. The molecule has 4 rings (SSSR count). The van der Waals surface area contributed by atoms with Crippen molar-refractivity contribution in [2.45, 2.75) is 6.92 Å². The second-order valence-electron chi connectivity index (χ2n) is 6.87. The average molecular weight is 367 g/mol. The Bertz CT molecular complexity index is 784. The van der Waals surface area contributed by atoms with Crippen LogP contribution in [0.15, 0.2) is 36.4 Å². The van der Waals surface area contributed by atoms with Crippen LogP contribution in [-0.4, -0.2) is 73.3 Å². The molecule has 2 saturated heterocycles. The number of morpholine rings is 1. The highest BCUT2D eigenvalue weighted by molar-refractivity contribution is 5.93. The lowest BCUT2D eigenvalue weighted by atomic mass is 10.2. The number of amides is 1. The molecule has 142 valence electrons. The highest BCUT2D eigenvalue weighted by atomic mass is 16.5. The van der Waals surface area contributed by atoms with E-state index < -0.39 is 0 Å². The molecule has 2 aromatic rings. The predicted molar refractivity (Wildman–Crippen MR) is 104 cm³/mol. The first-order chi connectivity index (χ1) is 13.2. The number of carbonyl (C=O) groups excluding carboxylic acids is 1. The Morgan fingerprint density at radius 2 is 1.63 bits per heavy atom. The van der Waals surface area contributed by atoms with Crippen molar-refractivity contribution in [1.82, 2.24) is 14.9 Å². The number of ether oxygens (including phenoxy) is 1. The number of benzene rings is 1. The number of rotatable bonds is 3. The van der Waals surface area contributed by atoms with Crippen LogP contribution in [0, 0.1) is 6.92 Å². The molecule has 1 aromatic heterocycles. The Hall–Kier alpha value is -2.67. The second kappa shape index (κ2) is 7.92. The van der Waals surface area contributed by atoms with Gasteiger partial charge < -0.3 is 19.4 Å². The van der Waals surface area contributed by atoms with Crippen LogP contribution in [0.5, 0.6) is 0 Å². The summed E-state index contributed by atoms with van der Waals surface area (Å²) in [5.41, 5.74) is 1.69. The number of hydrogen-bond donors (Lipinski definition) is 0. The number of aryl methyl sites for hydroxylation is 1. The van der Waals surface area contributed by atoms with Gasteiger partial charge in [0.15, 0.2) is 0 Å². The van der Waals surface area contributed by atoms with Gasteiger partial charge in [0.25, 0.3) is 5.91 Å². The van der Waals surface area contributed by atoms with Gasteiger partial charge in [-0.15, -0.1) is 0 Å². The minimum absolute atomic E-state index is 0.0114. The summed E-state index contributed by atoms with van der Waals surface area (Å²) in [6, 6.07) is 12.2. The summed E-state index contributed by atoms with van der Waals surface area (Å²) in [5.74, 6) is 1.44. The number of para-hydroxylation sites is 1. The molecule has 0 radical (unpaired) electrons. The van der Waals surface area contributed by atoms with E-state index in [1.165, 1.54) is 5.69 Å². The zero-order valence-corrected chi connectivity index (χ0v) is 15.7. The van der Waals surface area contributed by atoms with E-state index in [1.54, 1.807) is 0 Å². The van der Waals surface area contributed by atoms with Gasteiger partial charge in [0.05, 0.1) is 13.2 Å². The van der Waals surface area contributed by atoms with Crippen LogP contribution in [0.2, 0.25) is 0 Å². The molecule has 0 aliphatic carbocycles. The van der Waals surface area contributed by atoms with E-state index in [-0.39, 0.29) is 5.91 Å². The maximum Gasteiger partial charge on any atom is 0.272 e. The molecular formula is C20H25N5O2. The third-order valence-electron chi connectivity index (χ3n) is 5.07. The first-order valence-electron chi connectivity index (χ1n) is 9.48. The summed E-state index contributed by atoms with van der Waals surface area (Å²) in [4.78, 5) is 28.3. The van der Waals surface area contributed by atoms with Crippen LogP contribution >= 0.6 is 0 Å². The summed E-state index contributed by atoms with van der Waals surface area (Å²) in [6.07, 6.45) is 0. The standard InChI is InChI=1S/C20H25N5O2/c1-16-21-18(15-19(22-16)24-11-13-27-14-12-24)20(26)25-9-7-23(8-10-25)17-5-3-2-4-6-17/h2-6,15H,7-14H2,1H3. The second-order valence-corrected chi connectivity index (χ2v) is 6.87. The Labute approximate surface area is 159 Å². The van der Waals surface area contributed by atoms with E-state index >= 15 is 0 Å². The molecule has 27 heavy (non-hydrogen) atoms. The monoisotopic (exact) mass is 367 g/mol. The molecule has 1 aromatic carbocycles. The van der Waals surface area contributed by atoms with Crippen molar-refractivity contribution in [1.29, 1.82) is 0 Å². The van der Waals surface area contributed by atoms with Gasteiger partial charge in [-0.25, -0.2) is 9.97 Å². The first-order valence-corrected chi connectivity index (χ1v) is 9.48. The number of carbonyl (C=O) groups is 1. The molecule has 0 spiro atoms. The van der Waals surface area contributed by atoms with E-state index in [2.05, 4.69) is 31.9 Å². The largest absolute Gasteiger partial charge is 0.378 e. The molecule has 3 heterocycles. The van der Waals surface area contributed by atoms with Gasteiger partial charge in [0, 0.05) is 51.0 Å². The molecule has 0 N–H and O–H groups in total. The predicted octanol–water partition coefficient (Wildman–Crippen LogP) is 1.58. The summed E-state index contributed by atoms with van der Waals surface area (Å²) >= 11 is 0. The highest BCUT2D eigenvalue weighted by Gasteiger charge is 2.24. The van der Waals surface area contributed by atoms with Gasteiger partial charge in [-0.2, -0.15) is 0 Å². The van der Waals surface area contributed by atoms with Gasteiger partial charge in [-0.1, -0.05) is 18.2 Å². The smallest absolute Gasteiger partial charge is 0.272 e. The van der Waals surface area contributed by atoms with Crippen LogP contribution in [0.3, 0.4) is 0 Å². The fourth-order valence-electron chi connectivity index (χ4n) is 3.58. The molecule has 2 aliphatic heterocycles. The lowest BCUT2D eigenvalue weighted by molar-refractivity contribution is 0.0740. The van der Waals surface area contributed by atoms with E-state index in [9.17, 15) is 4.79 Å². The van der Waals surface area contributed by atoms with Crippen LogP contribution in [-0.2, 0) is 4.74 Å². The Kier molecular flexibility index (Phi) is 5.20. The van der Waals surface area contributed by atoms with Crippen molar-refractivity contribution < 1.29 is 9.53 Å². The molecule has 1 amide bonds. The van der Waals surface area contributed by atoms with Gasteiger partial charge in [-0.05, 0) is 19.1 Å².